The third-order valence-corrected chi connectivity index (χ3v) is 5.72. The van der Waals surface area contributed by atoms with Crippen LogP contribution in [0.4, 0.5) is 0 Å². The van der Waals surface area contributed by atoms with Crippen molar-refractivity contribution < 1.29 is 14.6 Å². The smallest absolute Gasteiger partial charge is 0.267 e. The zero-order valence-corrected chi connectivity index (χ0v) is 19.4. The predicted octanol–water partition coefficient (Wildman–Crippen LogP) is 5.23. The summed E-state index contributed by atoms with van der Waals surface area (Å²) in [5.41, 5.74) is 1.99. The monoisotopic (exact) mass is 541 g/mol. The van der Waals surface area contributed by atoms with Crippen LogP contribution in [0.25, 0.3) is 0 Å². The highest BCUT2D eigenvalue weighted by atomic mass is 79.9. The molecule has 0 saturated carbocycles. The van der Waals surface area contributed by atoms with Gasteiger partial charge in [0.25, 0.3) is 5.91 Å². The Morgan fingerprint density at radius 1 is 1.00 bits per heavy atom. The van der Waals surface area contributed by atoms with Crippen molar-refractivity contribution in [3.8, 4) is 17.2 Å². The van der Waals surface area contributed by atoms with Crippen LogP contribution >= 0.6 is 31.9 Å². The molecule has 0 aliphatic carbocycles. The first kappa shape index (κ1) is 21.3. The number of amides is 1. The molecule has 0 atom stereocenters. The van der Waals surface area contributed by atoms with Gasteiger partial charge in [0.15, 0.2) is 5.84 Å². The lowest BCUT2D eigenvalue weighted by atomic mass is 10.2. The molecule has 1 heterocycles. The van der Waals surface area contributed by atoms with Crippen molar-refractivity contribution in [2.75, 3.05) is 6.54 Å². The van der Waals surface area contributed by atoms with Crippen LogP contribution in [-0.2, 0) is 11.3 Å². The molecule has 6 nitrogen and oxygen atoms in total. The summed E-state index contributed by atoms with van der Waals surface area (Å²) in [6.07, 6.45) is 0. The molecule has 1 amide bonds. The van der Waals surface area contributed by atoms with Crippen molar-refractivity contribution in [3.63, 3.8) is 0 Å². The maximum absolute atomic E-state index is 12.5. The maximum atomic E-state index is 12.5. The summed E-state index contributed by atoms with van der Waals surface area (Å²) in [7, 11) is 0. The minimum atomic E-state index is -0.264. The predicted molar refractivity (Wildman–Crippen MR) is 127 cm³/mol. The molecule has 4 rings (SSSR count). The van der Waals surface area contributed by atoms with E-state index in [9.17, 15) is 9.90 Å². The molecule has 0 saturated heterocycles. The molecular weight excluding hydrogens is 526 g/mol. The highest BCUT2D eigenvalue weighted by Crippen LogP contribution is 2.34. The van der Waals surface area contributed by atoms with Gasteiger partial charge in [0.2, 0.25) is 0 Å². The van der Waals surface area contributed by atoms with Crippen molar-refractivity contribution >= 4 is 49.3 Å². The van der Waals surface area contributed by atoms with Crippen molar-refractivity contribution in [2.24, 2.45) is 9.98 Å². The Kier molecular flexibility index (Phi) is 6.48. The van der Waals surface area contributed by atoms with E-state index < -0.39 is 0 Å². The SMILES string of the molecule is O=C(NCc1ccc(Oc2ccccc2)cc1)C1=NC(c2cc(Br)c(O)c(Br)c2)=NC1. The van der Waals surface area contributed by atoms with Crippen LogP contribution in [0.3, 0.4) is 0 Å². The number of para-hydroxylation sites is 1. The average Bonchev–Trinajstić information content (AvgIpc) is 3.28. The van der Waals surface area contributed by atoms with E-state index in [1.165, 1.54) is 0 Å². The summed E-state index contributed by atoms with van der Waals surface area (Å²) in [4.78, 5) is 21.2. The largest absolute Gasteiger partial charge is 0.506 e. The van der Waals surface area contributed by atoms with Crippen LogP contribution in [0.2, 0.25) is 0 Å². The summed E-state index contributed by atoms with van der Waals surface area (Å²) in [6, 6.07) is 20.5. The number of aromatic hydroxyl groups is 1. The fraction of sp³-hybridized carbons (Fsp3) is 0.0870. The molecule has 3 aromatic carbocycles. The number of aliphatic imine (C=N–C) groups is 2. The lowest BCUT2D eigenvalue weighted by Gasteiger charge is -2.08. The van der Waals surface area contributed by atoms with Gasteiger partial charge in [-0.15, -0.1) is 0 Å². The Labute approximate surface area is 196 Å². The van der Waals surface area contributed by atoms with E-state index in [-0.39, 0.29) is 18.2 Å². The minimum absolute atomic E-state index is 0.101. The molecular formula is C23H17Br2N3O3. The van der Waals surface area contributed by atoms with Crippen LogP contribution in [-0.4, -0.2) is 29.1 Å². The van der Waals surface area contributed by atoms with E-state index in [1.807, 2.05) is 54.6 Å². The number of halogens is 2. The molecule has 0 radical (unpaired) electrons. The van der Waals surface area contributed by atoms with Crippen molar-refractivity contribution in [3.05, 3.63) is 86.8 Å². The van der Waals surface area contributed by atoms with Crippen LogP contribution in [0.15, 0.2) is 85.7 Å². The molecule has 1 aliphatic rings. The van der Waals surface area contributed by atoms with E-state index in [2.05, 4.69) is 47.2 Å². The molecule has 1 aliphatic heterocycles. The van der Waals surface area contributed by atoms with E-state index in [1.54, 1.807) is 12.1 Å². The summed E-state index contributed by atoms with van der Waals surface area (Å²) in [6.45, 7) is 0.580. The van der Waals surface area contributed by atoms with Crippen LogP contribution in [0, 0.1) is 0 Å². The summed E-state index contributed by atoms with van der Waals surface area (Å²) in [5.74, 6) is 1.79. The standard InChI is InChI=1S/C23H17Br2N3O3/c24-18-10-15(11-19(25)21(18)29)22-26-13-20(28-22)23(30)27-12-14-6-8-17(9-7-14)31-16-4-2-1-3-5-16/h1-11,29H,12-13H2,(H,27,30). The number of nitrogens with zero attached hydrogens (tertiary/aromatic N) is 2. The Balaban J connectivity index is 1.34. The molecule has 0 fully saturated rings. The van der Waals surface area contributed by atoms with E-state index >= 15 is 0 Å². The van der Waals surface area contributed by atoms with Gasteiger partial charge in [-0.1, -0.05) is 30.3 Å². The number of benzene rings is 3. The van der Waals surface area contributed by atoms with Crippen LogP contribution in [0.1, 0.15) is 11.1 Å². The van der Waals surface area contributed by atoms with Gasteiger partial charge in [0, 0.05) is 12.1 Å². The molecule has 31 heavy (non-hydrogen) atoms. The van der Waals surface area contributed by atoms with E-state index in [4.69, 9.17) is 4.74 Å². The van der Waals surface area contributed by atoms with E-state index in [0.29, 0.717) is 32.6 Å². The number of amidine groups is 1. The number of phenols is 1. The Bertz CT molecular complexity index is 1150. The van der Waals surface area contributed by atoms with Gasteiger partial charge >= 0.3 is 0 Å². The fourth-order valence-corrected chi connectivity index (χ4v) is 4.09. The maximum Gasteiger partial charge on any atom is 0.267 e. The lowest BCUT2D eigenvalue weighted by Crippen LogP contribution is -2.31. The third-order valence-electron chi connectivity index (χ3n) is 4.51. The number of hydrogen-bond acceptors (Lipinski definition) is 5. The summed E-state index contributed by atoms with van der Waals surface area (Å²) >= 11 is 6.58. The Hall–Kier alpha value is -2.97. The number of nitrogens with one attached hydrogen (secondary N) is 1. The number of carbonyl (C=O) groups is 1. The Morgan fingerprint density at radius 2 is 1.65 bits per heavy atom. The minimum Gasteiger partial charge on any atom is -0.506 e. The van der Waals surface area contributed by atoms with Crippen molar-refractivity contribution in [2.45, 2.75) is 6.54 Å². The van der Waals surface area contributed by atoms with Crippen LogP contribution in [0.5, 0.6) is 17.2 Å². The summed E-state index contributed by atoms with van der Waals surface area (Å²) in [5, 5.41) is 12.7. The topological polar surface area (TPSA) is 83.3 Å². The number of ether oxygens (including phenoxy) is 1. The van der Waals surface area contributed by atoms with Crippen molar-refractivity contribution in [1.29, 1.82) is 0 Å². The quantitative estimate of drug-likeness (QED) is 0.447. The molecule has 8 heteroatoms. The lowest BCUT2D eigenvalue weighted by molar-refractivity contribution is -0.115. The molecule has 0 spiro atoms. The Morgan fingerprint density at radius 3 is 2.32 bits per heavy atom. The van der Waals surface area contributed by atoms with Gasteiger partial charge in [0.1, 0.15) is 23.0 Å². The first-order valence-electron chi connectivity index (χ1n) is 9.40. The van der Waals surface area contributed by atoms with Gasteiger partial charge in [-0.25, -0.2) is 4.99 Å². The third kappa shape index (κ3) is 5.21. The highest BCUT2D eigenvalue weighted by molar-refractivity contribution is 9.11. The first-order chi connectivity index (χ1) is 15.0. The highest BCUT2D eigenvalue weighted by Gasteiger charge is 2.20. The molecule has 3 aromatic rings. The van der Waals surface area contributed by atoms with E-state index in [0.717, 1.165) is 17.1 Å². The van der Waals surface area contributed by atoms with Gasteiger partial charge in [-0.3, -0.25) is 9.79 Å². The first-order valence-corrected chi connectivity index (χ1v) is 11.0. The molecule has 2 N–H and O–H groups in total. The molecule has 0 unspecified atom stereocenters. The van der Waals surface area contributed by atoms with Gasteiger partial charge in [0.05, 0.1) is 15.5 Å². The molecule has 0 bridgehead atoms. The van der Waals surface area contributed by atoms with Crippen molar-refractivity contribution in [1.82, 2.24) is 5.32 Å². The molecule has 156 valence electrons. The second-order valence-corrected chi connectivity index (χ2v) is 8.44. The number of phenolic OH excluding ortho intramolecular Hbond substituents is 1. The average molecular weight is 543 g/mol. The van der Waals surface area contributed by atoms with Gasteiger partial charge in [-0.2, -0.15) is 0 Å². The number of carbonyl (C=O) groups excluding carboxylic acids is 1. The zero-order chi connectivity index (χ0) is 21.8. The normalized spacial score (nSPS) is 12.8. The van der Waals surface area contributed by atoms with Gasteiger partial charge in [-0.05, 0) is 73.8 Å². The van der Waals surface area contributed by atoms with Gasteiger partial charge < -0.3 is 15.2 Å². The second kappa shape index (κ2) is 9.45. The number of rotatable bonds is 6. The van der Waals surface area contributed by atoms with Crippen LogP contribution < -0.4 is 10.1 Å². The molecule has 0 aromatic heterocycles. The number of hydrogen-bond donors (Lipinski definition) is 2. The second-order valence-electron chi connectivity index (χ2n) is 6.73. The summed E-state index contributed by atoms with van der Waals surface area (Å²) < 4.78 is 6.82. The fourth-order valence-electron chi connectivity index (χ4n) is 2.91. The zero-order valence-electron chi connectivity index (χ0n) is 16.2.